The van der Waals surface area contributed by atoms with Gasteiger partial charge in [0.2, 0.25) is 21.9 Å². The molecule has 0 aromatic rings. The van der Waals surface area contributed by atoms with Gasteiger partial charge in [-0.3, -0.25) is 14.4 Å². The molecule has 2 atom stereocenters. The highest BCUT2D eigenvalue weighted by Gasteiger charge is 2.43. The number of sulfonamides is 1. The van der Waals surface area contributed by atoms with E-state index in [0.717, 1.165) is 31.6 Å². The summed E-state index contributed by atoms with van der Waals surface area (Å²) in [5, 5.41) is 13.1. The predicted octanol–water partition coefficient (Wildman–Crippen LogP) is 1.30. The highest BCUT2D eigenvalue weighted by Crippen LogP contribution is 2.32. The molecule has 3 aliphatic rings. The minimum absolute atomic E-state index is 0.154. The fourth-order valence-electron chi connectivity index (χ4n) is 5.22. The Labute approximate surface area is 210 Å². The lowest BCUT2D eigenvalue weighted by atomic mass is 9.86. The fourth-order valence-corrected chi connectivity index (χ4v) is 5.74. The van der Waals surface area contributed by atoms with Crippen LogP contribution in [0.1, 0.15) is 59.3 Å². The number of likely N-dealkylation sites (tertiary alicyclic amines) is 1. The van der Waals surface area contributed by atoms with E-state index in [1.807, 2.05) is 13.8 Å². The van der Waals surface area contributed by atoms with Crippen LogP contribution < -0.4 is 10.0 Å². The first-order valence-electron chi connectivity index (χ1n) is 12.9. The maximum atomic E-state index is 13.5. The van der Waals surface area contributed by atoms with Gasteiger partial charge in [0.25, 0.3) is 0 Å². The lowest BCUT2D eigenvalue weighted by molar-refractivity contribution is -0.124. The Morgan fingerprint density at radius 1 is 1.20 bits per heavy atom. The van der Waals surface area contributed by atoms with Crippen molar-refractivity contribution >= 4 is 21.9 Å². The number of rotatable bonds is 7. The molecule has 2 unspecified atom stereocenters. The summed E-state index contributed by atoms with van der Waals surface area (Å²) in [6.07, 6.45) is 6.78. The van der Waals surface area contributed by atoms with Gasteiger partial charge in [0.05, 0.1) is 25.5 Å². The molecule has 3 rings (SSSR count). The van der Waals surface area contributed by atoms with Crippen molar-refractivity contribution in [2.24, 2.45) is 16.8 Å². The number of carbonyl (C=O) groups is 1. The Kier molecular flexibility index (Phi) is 9.40. The molecular weight excluding hydrogens is 468 g/mol. The topological polar surface area (TPSA) is 127 Å². The van der Waals surface area contributed by atoms with Crippen LogP contribution in [0, 0.1) is 23.2 Å². The monoisotopic (exact) mass is 510 g/mol. The first-order valence-corrected chi connectivity index (χ1v) is 14.7. The minimum atomic E-state index is -3.59. The van der Waals surface area contributed by atoms with Crippen LogP contribution in [0.25, 0.3) is 0 Å². The summed E-state index contributed by atoms with van der Waals surface area (Å²) in [6.45, 7) is 9.47. The third-order valence-electron chi connectivity index (χ3n) is 7.24. The summed E-state index contributed by atoms with van der Waals surface area (Å²) in [5.41, 5.74) is -0.950. The molecule has 1 aliphatic carbocycles. The van der Waals surface area contributed by atoms with Crippen LogP contribution in [0.4, 0.5) is 0 Å². The van der Waals surface area contributed by atoms with Crippen molar-refractivity contribution in [1.29, 1.82) is 5.26 Å². The Morgan fingerprint density at radius 2 is 1.86 bits per heavy atom. The van der Waals surface area contributed by atoms with E-state index in [4.69, 9.17) is 4.74 Å². The van der Waals surface area contributed by atoms with Gasteiger partial charge < -0.3 is 15.0 Å². The van der Waals surface area contributed by atoms with Gasteiger partial charge >= 0.3 is 0 Å². The standard InChI is InChI=1S/C24H42N6O4S/c1-18(2)15-21(26-23(28-35(4,32)33)29-11-13-34-14-12-29)22(31)27-24(16-25)9-10-30(17-24)20-7-5-19(3)6-8-20/h18-21H,5-15,17H2,1-4H3,(H,26,28)(H,27,31). The average molecular weight is 511 g/mol. The number of nitrogens with one attached hydrogen (secondary N) is 2. The number of hydrogen-bond donors (Lipinski definition) is 2. The van der Waals surface area contributed by atoms with E-state index in [2.05, 4.69) is 32.9 Å². The van der Waals surface area contributed by atoms with Crippen molar-refractivity contribution in [3.05, 3.63) is 0 Å². The van der Waals surface area contributed by atoms with Crippen LogP contribution in [0.5, 0.6) is 0 Å². The van der Waals surface area contributed by atoms with Crippen LogP contribution in [-0.4, -0.2) is 93.4 Å². The lowest BCUT2D eigenvalue weighted by Gasteiger charge is -2.34. The highest BCUT2D eigenvalue weighted by atomic mass is 32.2. The summed E-state index contributed by atoms with van der Waals surface area (Å²) in [5.74, 6) is 0.735. The molecule has 2 saturated heterocycles. The number of guanidine groups is 1. The molecule has 0 bridgehead atoms. The summed E-state index contributed by atoms with van der Waals surface area (Å²) in [7, 11) is -3.59. The number of hydrogen-bond acceptors (Lipinski definition) is 7. The molecule has 198 valence electrons. The van der Waals surface area contributed by atoms with E-state index in [1.165, 1.54) is 12.8 Å². The molecule has 10 nitrogen and oxygen atoms in total. The highest BCUT2D eigenvalue weighted by molar-refractivity contribution is 7.89. The van der Waals surface area contributed by atoms with Crippen molar-refractivity contribution in [3.8, 4) is 6.07 Å². The van der Waals surface area contributed by atoms with E-state index in [0.29, 0.717) is 51.7 Å². The first-order chi connectivity index (χ1) is 16.5. The summed E-state index contributed by atoms with van der Waals surface area (Å²) in [4.78, 5) is 22.3. The third-order valence-corrected chi connectivity index (χ3v) is 7.79. The SMILES string of the molecule is CC(C)CC(N=C(NS(C)(=O)=O)N1CCOCC1)C(=O)NC1(C#N)CCN(C2CCC(C)CC2)C1. The Balaban J connectivity index is 1.77. The third kappa shape index (κ3) is 8.05. The molecule has 1 saturated carbocycles. The molecule has 2 N–H and O–H groups in total. The van der Waals surface area contributed by atoms with Crippen molar-refractivity contribution in [2.45, 2.75) is 76.9 Å². The second-order valence-electron chi connectivity index (χ2n) is 10.9. The van der Waals surface area contributed by atoms with Crippen molar-refractivity contribution in [2.75, 3.05) is 45.6 Å². The number of aliphatic imine (C=N–C) groups is 1. The van der Waals surface area contributed by atoms with Crippen molar-refractivity contribution in [1.82, 2.24) is 19.8 Å². The summed E-state index contributed by atoms with van der Waals surface area (Å²) in [6, 6.07) is 2.05. The van der Waals surface area contributed by atoms with Gasteiger partial charge in [-0.2, -0.15) is 5.26 Å². The van der Waals surface area contributed by atoms with Gasteiger partial charge in [0.15, 0.2) is 0 Å². The Hall–Kier alpha value is -1.90. The van der Waals surface area contributed by atoms with E-state index >= 15 is 0 Å². The zero-order valence-corrected chi connectivity index (χ0v) is 22.4. The Morgan fingerprint density at radius 3 is 2.43 bits per heavy atom. The molecule has 11 heteroatoms. The van der Waals surface area contributed by atoms with Crippen molar-refractivity contribution in [3.63, 3.8) is 0 Å². The van der Waals surface area contributed by atoms with Gasteiger partial charge in [-0.15, -0.1) is 0 Å². The molecule has 35 heavy (non-hydrogen) atoms. The van der Waals surface area contributed by atoms with Gasteiger partial charge in [0.1, 0.15) is 11.6 Å². The van der Waals surface area contributed by atoms with Crippen LogP contribution in [0.3, 0.4) is 0 Å². The van der Waals surface area contributed by atoms with Crippen LogP contribution in [0.15, 0.2) is 4.99 Å². The number of carbonyl (C=O) groups excluding carboxylic acids is 1. The average Bonchev–Trinajstić information content (AvgIpc) is 3.22. The Bertz CT molecular complexity index is 903. The maximum absolute atomic E-state index is 13.5. The van der Waals surface area contributed by atoms with E-state index < -0.39 is 21.6 Å². The van der Waals surface area contributed by atoms with Crippen LogP contribution in [0.2, 0.25) is 0 Å². The molecule has 0 spiro atoms. The fraction of sp³-hybridized carbons (Fsp3) is 0.875. The van der Waals surface area contributed by atoms with Crippen LogP contribution >= 0.6 is 0 Å². The number of ether oxygens (including phenoxy) is 1. The van der Waals surface area contributed by atoms with E-state index in [1.54, 1.807) is 4.90 Å². The zero-order valence-electron chi connectivity index (χ0n) is 21.6. The van der Waals surface area contributed by atoms with Gasteiger partial charge in [-0.05, 0) is 50.4 Å². The number of amides is 1. The van der Waals surface area contributed by atoms with Gasteiger partial charge in [0, 0.05) is 32.2 Å². The number of nitrogens with zero attached hydrogens (tertiary/aromatic N) is 4. The van der Waals surface area contributed by atoms with Gasteiger partial charge in [-0.1, -0.05) is 20.8 Å². The minimum Gasteiger partial charge on any atom is -0.378 e. The molecule has 3 fully saturated rings. The van der Waals surface area contributed by atoms with Crippen molar-refractivity contribution < 1.29 is 17.9 Å². The predicted molar refractivity (Wildman–Crippen MR) is 135 cm³/mol. The molecule has 1 amide bonds. The van der Waals surface area contributed by atoms with Crippen LogP contribution in [-0.2, 0) is 19.6 Å². The second-order valence-corrected chi connectivity index (χ2v) is 12.6. The molecule has 2 aliphatic heterocycles. The first kappa shape index (κ1) is 27.7. The second kappa shape index (κ2) is 11.9. The van der Waals surface area contributed by atoms with E-state index in [9.17, 15) is 18.5 Å². The quantitative estimate of drug-likeness (QED) is 0.390. The molecular formula is C24H42N6O4S. The summed E-state index contributed by atoms with van der Waals surface area (Å²) >= 11 is 0. The molecule has 0 radical (unpaired) electrons. The molecule has 0 aromatic carbocycles. The smallest absolute Gasteiger partial charge is 0.246 e. The number of nitriles is 1. The maximum Gasteiger partial charge on any atom is 0.246 e. The molecule has 2 heterocycles. The zero-order chi connectivity index (χ0) is 25.6. The summed E-state index contributed by atoms with van der Waals surface area (Å²) < 4.78 is 32.0. The number of morpholine rings is 1. The molecule has 0 aromatic heterocycles. The largest absolute Gasteiger partial charge is 0.378 e. The lowest BCUT2D eigenvalue weighted by Crippen LogP contribution is -2.54. The van der Waals surface area contributed by atoms with E-state index in [-0.39, 0.29) is 17.8 Å². The van der Waals surface area contributed by atoms with Gasteiger partial charge in [-0.25, -0.2) is 13.4 Å². The normalized spacial score (nSPS) is 29.6.